The van der Waals surface area contributed by atoms with E-state index in [9.17, 15) is 9.59 Å². The maximum atomic E-state index is 10.8. The van der Waals surface area contributed by atoms with Gasteiger partial charge in [0.2, 0.25) is 0 Å². The zero-order chi connectivity index (χ0) is 11.8. The molecule has 0 spiro atoms. The highest BCUT2D eigenvalue weighted by Gasteiger charge is 2.05. The number of esters is 1. The third-order valence-corrected chi connectivity index (χ3v) is 1.85. The second-order valence-corrected chi connectivity index (χ2v) is 3.22. The summed E-state index contributed by atoms with van der Waals surface area (Å²) in [4.78, 5) is 21.2. The van der Waals surface area contributed by atoms with Crippen LogP contribution in [0.2, 0.25) is 0 Å². The number of allylic oxidation sites excluding steroid dienone is 1. The predicted molar refractivity (Wildman–Crippen MR) is 56.4 cm³/mol. The van der Waals surface area contributed by atoms with Crippen molar-refractivity contribution in [3.8, 4) is 0 Å². The highest BCUT2D eigenvalue weighted by molar-refractivity contribution is 5.85. The number of carboxylic acids is 1. The van der Waals surface area contributed by atoms with Gasteiger partial charge in [-0.25, -0.2) is 9.59 Å². The second kappa shape index (κ2) is 6.81. The summed E-state index contributed by atoms with van der Waals surface area (Å²) in [6.45, 7) is 6.57. The molecule has 4 nitrogen and oxygen atoms in total. The van der Waals surface area contributed by atoms with Gasteiger partial charge in [0.05, 0.1) is 6.10 Å². The average molecular weight is 212 g/mol. The molecule has 15 heavy (non-hydrogen) atoms. The molecule has 0 aromatic carbocycles. The van der Waals surface area contributed by atoms with E-state index in [4.69, 9.17) is 9.84 Å². The number of hydrogen-bond acceptors (Lipinski definition) is 3. The molecule has 0 aromatic rings. The molecular formula is C11H16O4. The molecule has 84 valence electrons. The molecule has 0 radical (unpaired) electrons. The Morgan fingerprint density at radius 3 is 2.60 bits per heavy atom. The molecule has 0 saturated heterocycles. The van der Waals surface area contributed by atoms with Gasteiger partial charge in [0, 0.05) is 11.6 Å². The zero-order valence-electron chi connectivity index (χ0n) is 9.03. The van der Waals surface area contributed by atoms with Gasteiger partial charge in [0.25, 0.3) is 0 Å². The molecule has 0 rings (SSSR count). The van der Waals surface area contributed by atoms with E-state index in [1.807, 2.05) is 0 Å². The van der Waals surface area contributed by atoms with Crippen molar-refractivity contribution in [1.29, 1.82) is 0 Å². The van der Waals surface area contributed by atoms with Crippen molar-refractivity contribution in [2.24, 2.45) is 0 Å². The highest BCUT2D eigenvalue weighted by Crippen LogP contribution is 2.05. The Bertz CT molecular complexity index is 278. The lowest BCUT2D eigenvalue weighted by atomic mass is 10.1. The van der Waals surface area contributed by atoms with Crippen LogP contribution in [0.15, 0.2) is 24.3 Å². The lowest BCUT2D eigenvalue weighted by Gasteiger charge is -2.09. The molecule has 0 amide bonds. The lowest BCUT2D eigenvalue weighted by molar-refractivity contribution is -0.142. The fourth-order valence-electron chi connectivity index (χ4n) is 0.927. The van der Waals surface area contributed by atoms with E-state index < -0.39 is 11.9 Å². The first-order chi connectivity index (χ1) is 6.97. The molecule has 4 heteroatoms. The standard InChI is InChI=1S/C11H16O4/c1-4-10(12)15-9(3)7-5-6-8(2)11(13)14/h4,6,9H,1,5,7H2,2-3H3,(H,13,14). The Hall–Kier alpha value is -1.58. The van der Waals surface area contributed by atoms with Crippen molar-refractivity contribution < 1.29 is 19.4 Å². The fourth-order valence-corrected chi connectivity index (χ4v) is 0.927. The SMILES string of the molecule is C=CC(=O)OC(C)CCC=C(C)C(=O)O. The quantitative estimate of drug-likeness (QED) is 0.539. The van der Waals surface area contributed by atoms with Crippen molar-refractivity contribution in [3.63, 3.8) is 0 Å². The normalized spacial score (nSPS) is 13.1. The van der Waals surface area contributed by atoms with Crippen LogP contribution in [0.3, 0.4) is 0 Å². The molecule has 0 aliphatic heterocycles. The minimum Gasteiger partial charge on any atom is -0.478 e. The molecule has 1 unspecified atom stereocenters. The molecule has 0 aliphatic carbocycles. The summed E-state index contributed by atoms with van der Waals surface area (Å²) in [6.07, 6.45) is 3.66. The van der Waals surface area contributed by atoms with Gasteiger partial charge >= 0.3 is 11.9 Å². The summed E-state index contributed by atoms with van der Waals surface area (Å²) < 4.78 is 4.91. The van der Waals surface area contributed by atoms with Gasteiger partial charge in [-0.2, -0.15) is 0 Å². The lowest BCUT2D eigenvalue weighted by Crippen LogP contribution is -2.12. The van der Waals surface area contributed by atoms with E-state index in [-0.39, 0.29) is 6.10 Å². The van der Waals surface area contributed by atoms with E-state index in [0.717, 1.165) is 6.08 Å². The van der Waals surface area contributed by atoms with Gasteiger partial charge in [0.1, 0.15) is 0 Å². The summed E-state index contributed by atoms with van der Waals surface area (Å²) in [5.74, 6) is -1.38. The topological polar surface area (TPSA) is 63.6 Å². The van der Waals surface area contributed by atoms with Crippen molar-refractivity contribution in [3.05, 3.63) is 24.3 Å². The van der Waals surface area contributed by atoms with E-state index in [1.165, 1.54) is 6.92 Å². The molecule has 0 heterocycles. The third kappa shape index (κ3) is 6.49. The number of ether oxygens (including phenoxy) is 1. The zero-order valence-corrected chi connectivity index (χ0v) is 9.03. The maximum Gasteiger partial charge on any atom is 0.330 e. The van der Waals surface area contributed by atoms with Crippen LogP contribution in [0.4, 0.5) is 0 Å². The highest BCUT2D eigenvalue weighted by atomic mass is 16.5. The summed E-state index contributed by atoms with van der Waals surface area (Å²) >= 11 is 0. The van der Waals surface area contributed by atoms with Gasteiger partial charge in [-0.1, -0.05) is 12.7 Å². The number of rotatable bonds is 6. The first-order valence-electron chi connectivity index (χ1n) is 4.70. The average Bonchev–Trinajstić information content (AvgIpc) is 2.17. The Morgan fingerprint density at radius 1 is 1.53 bits per heavy atom. The monoisotopic (exact) mass is 212 g/mol. The summed E-state index contributed by atoms with van der Waals surface area (Å²) in [7, 11) is 0. The fraction of sp³-hybridized carbons (Fsp3) is 0.455. The van der Waals surface area contributed by atoms with Gasteiger partial charge in [-0.05, 0) is 26.7 Å². The summed E-state index contributed by atoms with van der Waals surface area (Å²) in [5.41, 5.74) is 0.303. The molecule has 0 saturated carbocycles. The first kappa shape index (κ1) is 13.4. The van der Waals surface area contributed by atoms with E-state index in [1.54, 1.807) is 13.0 Å². The van der Waals surface area contributed by atoms with E-state index in [0.29, 0.717) is 18.4 Å². The smallest absolute Gasteiger partial charge is 0.330 e. The van der Waals surface area contributed by atoms with Crippen LogP contribution in [0, 0.1) is 0 Å². The van der Waals surface area contributed by atoms with Gasteiger partial charge < -0.3 is 9.84 Å². The van der Waals surface area contributed by atoms with Crippen LogP contribution >= 0.6 is 0 Å². The van der Waals surface area contributed by atoms with Crippen LogP contribution in [0.25, 0.3) is 0 Å². The molecular weight excluding hydrogens is 196 g/mol. The predicted octanol–water partition coefficient (Wildman–Crippen LogP) is 1.92. The third-order valence-electron chi connectivity index (χ3n) is 1.85. The van der Waals surface area contributed by atoms with Crippen molar-refractivity contribution >= 4 is 11.9 Å². The second-order valence-electron chi connectivity index (χ2n) is 3.22. The first-order valence-corrected chi connectivity index (χ1v) is 4.70. The van der Waals surface area contributed by atoms with Crippen molar-refractivity contribution in [2.75, 3.05) is 0 Å². The van der Waals surface area contributed by atoms with Crippen LogP contribution in [0.5, 0.6) is 0 Å². The van der Waals surface area contributed by atoms with Gasteiger partial charge in [-0.3, -0.25) is 0 Å². The minimum atomic E-state index is -0.925. The Labute approximate surface area is 89.2 Å². The largest absolute Gasteiger partial charge is 0.478 e. The number of carbonyl (C=O) groups excluding carboxylic acids is 1. The van der Waals surface area contributed by atoms with Crippen LogP contribution in [-0.4, -0.2) is 23.1 Å². The van der Waals surface area contributed by atoms with E-state index >= 15 is 0 Å². The molecule has 0 aliphatic rings. The van der Waals surface area contributed by atoms with Crippen LogP contribution in [-0.2, 0) is 14.3 Å². The molecule has 0 bridgehead atoms. The maximum absolute atomic E-state index is 10.8. The van der Waals surface area contributed by atoms with Gasteiger partial charge in [-0.15, -0.1) is 0 Å². The van der Waals surface area contributed by atoms with E-state index in [2.05, 4.69) is 6.58 Å². The summed E-state index contributed by atoms with van der Waals surface area (Å²) in [6, 6.07) is 0. The Balaban J connectivity index is 3.86. The summed E-state index contributed by atoms with van der Waals surface area (Å²) in [5, 5.41) is 8.56. The Kier molecular flexibility index (Phi) is 6.09. The van der Waals surface area contributed by atoms with Crippen molar-refractivity contribution in [2.45, 2.75) is 32.8 Å². The molecule has 0 aromatic heterocycles. The number of hydrogen-bond donors (Lipinski definition) is 1. The van der Waals surface area contributed by atoms with Gasteiger partial charge in [0.15, 0.2) is 0 Å². The minimum absolute atomic E-state index is 0.228. The molecule has 1 atom stereocenters. The molecule has 0 fully saturated rings. The van der Waals surface area contributed by atoms with Crippen molar-refractivity contribution in [1.82, 2.24) is 0 Å². The van der Waals surface area contributed by atoms with Crippen LogP contribution < -0.4 is 0 Å². The Morgan fingerprint density at radius 2 is 2.13 bits per heavy atom. The van der Waals surface area contributed by atoms with Crippen LogP contribution in [0.1, 0.15) is 26.7 Å². The number of carboxylic acid groups (broad SMARTS) is 1. The number of carbonyl (C=O) groups is 2. The number of aliphatic carboxylic acids is 1. The molecule has 1 N–H and O–H groups in total.